The number of nitrogens with zero attached hydrogens (tertiary/aromatic N) is 1. The van der Waals surface area contributed by atoms with E-state index in [1.165, 1.54) is 6.42 Å². The molecule has 0 unspecified atom stereocenters. The maximum atomic E-state index is 8.59. The van der Waals surface area contributed by atoms with E-state index in [9.17, 15) is 0 Å². The van der Waals surface area contributed by atoms with Crippen molar-refractivity contribution >= 4 is 0 Å². The van der Waals surface area contributed by atoms with Crippen LogP contribution in [0.2, 0.25) is 0 Å². The van der Waals surface area contributed by atoms with Crippen LogP contribution in [0.4, 0.5) is 0 Å². The third-order valence-electron chi connectivity index (χ3n) is 2.35. The Balaban J connectivity index is 2.14. The molecule has 1 aromatic rings. The fourth-order valence-corrected chi connectivity index (χ4v) is 1.49. The van der Waals surface area contributed by atoms with Gasteiger partial charge in [0.1, 0.15) is 11.8 Å². The van der Waals surface area contributed by atoms with Gasteiger partial charge in [-0.25, -0.2) is 0 Å². The van der Waals surface area contributed by atoms with Gasteiger partial charge in [0.15, 0.2) is 0 Å². The summed E-state index contributed by atoms with van der Waals surface area (Å²) in [6.07, 6.45) is 2.37. The maximum absolute atomic E-state index is 8.59. The van der Waals surface area contributed by atoms with Gasteiger partial charge in [0.05, 0.1) is 6.54 Å². The Hall–Kier alpha value is -1.27. The molecule has 88 valence electrons. The lowest BCUT2D eigenvalue weighted by molar-refractivity contribution is 0.358. The van der Waals surface area contributed by atoms with E-state index in [0.717, 1.165) is 18.7 Å². The van der Waals surface area contributed by atoms with Gasteiger partial charge >= 0.3 is 0 Å². The zero-order valence-corrected chi connectivity index (χ0v) is 10.3. The van der Waals surface area contributed by atoms with E-state index in [-0.39, 0.29) is 0 Å². The Kier molecular flexibility index (Phi) is 4.57. The summed E-state index contributed by atoms with van der Waals surface area (Å²) in [5, 5.41) is 11.9. The van der Waals surface area contributed by atoms with Crippen molar-refractivity contribution in [2.24, 2.45) is 5.41 Å². The van der Waals surface area contributed by atoms with E-state index in [1.807, 2.05) is 12.1 Å². The van der Waals surface area contributed by atoms with E-state index in [4.69, 9.17) is 9.68 Å². The van der Waals surface area contributed by atoms with Gasteiger partial charge in [-0.15, -0.1) is 0 Å². The van der Waals surface area contributed by atoms with Gasteiger partial charge < -0.3 is 9.73 Å². The summed E-state index contributed by atoms with van der Waals surface area (Å²) in [6, 6.07) is 5.52. The first kappa shape index (κ1) is 12.8. The molecule has 1 rings (SSSR count). The summed E-state index contributed by atoms with van der Waals surface area (Å²) >= 11 is 0. The van der Waals surface area contributed by atoms with E-state index in [2.05, 4.69) is 26.1 Å². The highest BCUT2D eigenvalue weighted by molar-refractivity contribution is 5.18. The van der Waals surface area contributed by atoms with Crippen molar-refractivity contribution in [2.45, 2.75) is 40.2 Å². The molecule has 0 spiro atoms. The molecule has 0 aliphatic rings. The van der Waals surface area contributed by atoms with Crippen molar-refractivity contribution in [1.29, 1.82) is 5.26 Å². The van der Waals surface area contributed by atoms with Crippen molar-refractivity contribution in [2.75, 3.05) is 6.54 Å². The molecule has 0 saturated heterocycles. The number of nitrogens with one attached hydrogen (secondary N) is 1. The summed E-state index contributed by atoms with van der Waals surface area (Å²) in [6.45, 7) is 8.43. The molecule has 1 aromatic heterocycles. The topological polar surface area (TPSA) is 49.0 Å². The van der Waals surface area contributed by atoms with E-state index in [1.54, 1.807) is 6.07 Å². The second-order valence-electron chi connectivity index (χ2n) is 5.22. The number of hydrogen-bond donors (Lipinski definition) is 1. The van der Waals surface area contributed by atoms with Crippen LogP contribution in [0.25, 0.3) is 0 Å². The molecule has 0 aliphatic carbocycles. The Morgan fingerprint density at radius 2 is 2.12 bits per heavy atom. The van der Waals surface area contributed by atoms with Crippen molar-refractivity contribution in [3.05, 3.63) is 23.7 Å². The fraction of sp³-hybridized carbons (Fsp3) is 0.615. The average Bonchev–Trinajstić information content (AvgIpc) is 2.63. The smallest absolute Gasteiger partial charge is 0.203 e. The molecule has 16 heavy (non-hydrogen) atoms. The maximum Gasteiger partial charge on any atom is 0.203 e. The number of rotatable bonds is 5. The van der Waals surface area contributed by atoms with Gasteiger partial charge in [-0.2, -0.15) is 5.26 Å². The van der Waals surface area contributed by atoms with Crippen LogP contribution in [0.15, 0.2) is 16.5 Å². The number of furan rings is 1. The quantitative estimate of drug-likeness (QED) is 0.776. The third kappa shape index (κ3) is 4.99. The summed E-state index contributed by atoms with van der Waals surface area (Å²) in [4.78, 5) is 0. The van der Waals surface area contributed by atoms with Crippen LogP contribution in [0.5, 0.6) is 0 Å². The molecule has 0 bridgehead atoms. The Morgan fingerprint density at radius 1 is 1.38 bits per heavy atom. The molecular weight excluding hydrogens is 200 g/mol. The van der Waals surface area contributed by atoms with E-state index in [0.29, 0.717) is 17.7 Å². The van der Waals surface area contributed by atoms with E-state index < -0.39 is 0 Å². The summed E-state index contributed by atoms with van der Waals surface area (Å²) in [7, 11) is 0. The minimum Gasteiger partial charge on any atom is -0.449 e. The number of hydrogen-bond acceptors (Lipinski definition) is 3. The fourth-order valence-electron chi connectivity index (χ4n) is 1.49. The van der Waals surface area contributed by atoms with Crippen LogP contribution in [0, 0.1) is 16.7 Å². The first-order chi connectivity index (χ1) is 7.51. The molecule has 0 amide bonds. The highest BCUT2D eigenvalue weighted by atomic mass is 16.3. The SMILES string of the molecule is CC(C)(C)CCCNCc1ccc(C#N)o1. The van der Waals surface area contributed by atoms with Gasteiger partial charge in [-0.05, 0) is 36.9 Å². The Labute approximate surface area is 97.5 Å². The van der Waals surface area contributed by atoms with Gasteiger partial charge in [-0.1, -0.05) is 20.8 Å². The standard InChI is InChI=1S/C13H20N2O/c1-13(2,3)7-4-8-15-10-12-6-5-11(9-14)16-12/h5-6,15H,4,7-8,10H2,1-3H3. The van der Waals surface area contributed by atoms with E-state index >= 15 is 0 Å². The van der Waals surface area contributed by atoms with Crippen LogP contribution < -0.4 is 5.32 Å². The van der Waals surface area contributed by atoms with Crippen LogP contribution >= 0.6 is 0 Å². The first-order valence-corrected chi connectivity index (χ1v) is 5.71. The van der Waals surface area contributed by atoms with Gasteiger partial charge in [0.2, 0.25) is 5.76 Å². The highest BCUT2D eigenvalue weighted by Gasteiger charge is 2.08. The molecule has 0 saturated carbocycles. The first-order valence-electron chi connectivity index (χ1n) is 5.71. The van der Waals surface area contributed by atoms with Gasteiger partial charge in [-0.3, -0.25) is 0 Å². The largest absolute Gasteiger partial charge is 0.449 e. The Morgan fingerprint density at radius 3 is 2.69 bits per heavy atom. The molecular formula is C13H20N2O. The molecule has 0 aromatic carbocycles. The molecule has 0 aliphatic heterocycles. The van der Waals surface area contributed by atoms with Gasteiger partial charge in [0, 0.05) is 0 Å². The highest BCUT2D eigenvalue weighted by Crippen LogP contribution is 2.19. The van der Waals surface area contributed by atoms with Crippen molar-refractivity contribution in [3.8, 4) is 6.07 Å². The van der Waals surface area contributed by atoms with Crippen molar-refractivity contribution in [1.82, 2.24) is 5.32 Å². The molecule has 0 atom stereocenters. The predicted octanol–water partition coefficient (Wildman–Crippen LogP) is 3.07. The lowest BCUT2D eigenvalue weighted by Crippen LogP contribution is -2.16. The van der Waals surface area contributed by atoms with Crippen LogP contribution in [-0.2, 0) is 6.54 Å². The minimum absolute atomic E-state index is 0.381. The second kappa shape index (κ2) is 5.72. The van der Waals surface area contributed by atoms with Crippen LogP contribution in [0.3, 0.4) is 0 Å². The molecule has 3 heteroatoms. The molecule has 0 radical (unpaired) electrons. The summed E-state index contributed by atoms with van der Waals surface area (Å²) < 4.78 is 5.26. The minimum atomic E-state index is 0.381. The predicted molar refractivity (Wildman–Crippen MR) is 63.8 cm³/mol. The molecule has 0 fully saturated rings. The zero-order chi connectivity index (χ0) is 12.0. The van der Waals surface area contributed by atoms with Crippen molar-refractivity contribution in [3.63, 3.8) is 0 Å². The Bertz CT molecular complexity index is 355. The monoisotopic (exact) mass is 220 g/mol. The second-order valence-corrected chi connectivity index (χ2v) is 5.22. The average molecular weight is 220 g/mol. The summed E-state index contributed by atoms with van der Waals surface area (Å²) in [5.74, 6) is 1.21. The van der Waals surface area contributed by atoms with Crippen LogP contribution in [0.1, 0.15) is 45.1 Å². The third-order valence-corrected chi connectivity index (χ3v) is 2.35. The lowest BCUT2D eigenvalue weighted by atomic mass is 9.91. The lowest BCUT2D eigenvalue weighted by Gasteiger charge is -2.17. The molecule has 3 nitrogen and oxygen atoms in total. The zero-order valence-electron chi connectivity index (χ0n) is 10.3. The van der Waals surface area contributed by atoms with Crippen LogP contribution in [-0.4, -0.2) is 6.54 Å². The molecule has 1 N–H and O–H groups in total. The molecule has 1 heterocycles. The van der Waals surface area contributed by atoms with Gasteiger partial charge in [0.25, 0.3) is 0 Å². The van der Waals surface area contributed by atoms with Crippen molar-refractivity contribution < 1.29 is 4.42 Å². The normalized spacial score (nSPS) is 11.4. The number of nitriles is 1. The summed E-state index contributed by atoms with van der Waals surface area (Å²) in [5.41, 5.74) is 0.403.